The van der Waals surface area contributed by atoms with Gasteiger partial charge in [-0.25, -0.2) is 4.79 Å². The van der Waals surface area contributed by atoms with Crippen molar-refractivity contribution in [2.75, 3.05) is 39.3 Å². The lowest BCUT2D eigenvalue weighted by atomic mass is 10.0. The molecule has 2 heterocycles. The molecule has 2 saturated heterocycles. The molecular formula is C27H36N4O2. The number of likely N-dealkylation sites (tertiary alicyclic amines) is 1. The summed E-state index contributed by atoms with van der Waals surface area (Å²) in [6.07, 6.45) is 2.38. The first-order valence-corrected chi connectivity index (χ1v) is 12.1. The second kappa shape index (κ2) is 10.8. The molecule has 0 aromatic heterocycles. The van der Waals surface area contributed by atoms with Gasteiger partial charge in [-0.1, -0.05) is 59.7 Å². The zero-order chi connectivity index (χ0) is 23.2. The van der Waals surface area contributed by atoms with Crippen molar-refractivity contribution in [1.82, 2.24) is 20.0 Å². The lowest BCUT2D eigenvalue weighted by Crippen LogP contribution is -2.55. The lowest BCUT2D eigenvalue weighted by Gasteiger charge is -2.37. The van der Waals surface area contributed by atoms with Crippen molar-refractivity contribution < 1.29 is 9.59 Å². The Morgan fingerprint density at radius 1 is 0.818 bits per heavy atom. The van der Waals surface area contributed by atoms with Crippen molar-refractivity contribution in [2.24, 2.45) is 0 Å². The summed E-state index contributed by atoms with van der Waals surface area (Å²) in [5.74, 6) is 0.139. The largest absolute Gasteiger partial charge is 0.339 e. The van der Waals surface area contributed by atoms with Gasteiger partial charge >= 0.3 is 6.03 Å². The molecule has 2 aliphatic heterocycles. The van der Waals surface area contributed by atoms with E-state index in [4.69, 9.17) is 0 Å². The van der Waals surface area contributed by atoms with E-state index >= 15 is 0 Å². The van der Waals surface area contributed by atoms with Gasteiger partial charge in [-0.15, -0.1) is 0 Å². The number of piperazine rings is 1. The number of nitrogens with one attached hydrogen (secondary N) is 1. The van der Waals surface area contributed by atoms with Gasteiger partial charge in [0.2, 0.25) is 5.91 Å². The molecule has 0 radical (unpaired) electrons. The van der Waals surface area contributed by atoms with Gasteiger partial charge < -0.3 is 15.1 Å². The van der Waals surface area contributed by atoms with E-state index in [0.29, 0.717) is 32.6 Å². The fourth-order valence-electron chi connectivity index (χ4n) is 4.72. The monoisotopic (exact) mass is 448 g/mol. The van der Waals surface area contributed by atoms with Crippen molar-refractivity contribution in [3.63, 3.8) is 0 Å². The van der Waals surface area contributed by atoms with Crippen molar-refractivity contribution in [3.05, 3.63) is 70.8 Å². The highest BCUT2D eigenvalue weighted by molar-refractivity contribution is 5.79. The number of amides is 3. The number of rotatable bonds is 5. The number of carbonyl (C=O) groups is 2. The highest BCUT2D eigenvalue weighted by atomic mass is 16.2. The molecule has 2 aromatic carbocycles. The molecule has 0 bridgehead atoms. The first-order chi connectivity index (χ1) is 16.0. The smallest absolute Gasteiger partial charge is 0.317 e. The van der Waals surface area contributed by atoms with Crippen LogP contribution in [0.1, 0.15) is 35.1 Å². The Bertz CT molecular complexity index is 943. The van der Waals surface area contributed by atoms with Crippen LogP contribution in [-0.4, -0.2) is 71.9 Å². The first-order valence-electron chi connectivity index (χ1n) is 12.1. The minimum atomic E-state index is 0.0118. The molecule has 6 heteroatoms. The fraction of sp³-hybridized carbons (Fsp3) is 0.481. The molecule has 0 unspecified atom stereocenters. The lowest BCUT2D eigenvalue weighted by molar-refractivity contribution is -0.131. The standard InChI is InChI=1S/C27H36N4O2/c1-21-6-8-23(9-7-21)19-26(32)30-14-16-31(17-15-30)27(33)28-25-10-12-29(13-11-25)20-24-5-3-4-22(2)18-24/h3-9,18,25H,10-17,19-20H2,1-2H3,(H,28,33). The summed E-state index contributed by atoms with van der Waals surface area (Å²) < 4.78 is 0. The minimum Gasteiger partial charge on any atom is -0.339 e. The summed E-state index contributed by atoms with van der Waals surface area (Å²) in [5, 5.41) is 3.23. The number of nitrogens with zero attached hydrogens (tertiary/aromatic N) is 3. The molecule has 6 nitrogen and oxygen atoms in total. The molecular weight excluding hydrogens is 412 g/mol. The van der Waals surface area contributed by atoms with Crippen LogP contribution >= 0.6 is 0 Å². The summed E-state index contributed by atoms with van der Waals surface area (Å²) in [5.41, 5.74) is 4.89. The van der Waals surface area contributed by atoms with Crippen molar-refractivity contribution >= 4 is 11.9 Å². The number of aryl methyl sites for hydroxylation is 2. The van der Waals surface area contributed by atoms with E-state index in [1.54, 1.807) is 0 Å². The second-order valence-corrected chi connectivity index (χ2v) is 9.52. The Morgan fingerprint density at radius 2 is 1.48 bits per heavy atom. The molecule has 4 rings (SSSR count). The van der Waals surface area contributed by atoms with Crippen molar-refractivity contribution in [3.8, 4) is 0 Å². The number of urea groups is 1. The van der Waals surface area contributed by atoms with E-state index in [2.05, 4.69) is 41.4 Å². The number of carbonyl (C=O) groups excluding carboxylic acids is 2. The molecule has 2 aliphatic rings. The van der Waals surface area contributed by atoms with Crippen LogP contribution in [0, 0.1) is 13.8 Å². The van der Waals surface area contributed by atoms with Gasteiger partial charge in [0.1, 0.15) is 0 Å². The second-order valence-electron chi connectivity index (χ2n) is 9.52. The van der Waals surface area contributed by atoms with Crippen LogP contribution in [0.3, 0.4) is 0 Å². The summed E-state index contributed by atoms with van der Waals surface area (Å²) in [4.78, 5) is 31.6. The van der Waals surface area contributed by atoms with Crippen molar-refractivity contribution in [2.45, 2.75) is 45.7 Å². The Labute approximate surface area is 197 Å². The van der Waals surface area contributed by atoms with Crippen LogP contribution in [0.5, 0.6) is 0 Å². The van der Waals surface area contributed by atoms with Gasteiger partial charge in [0.05, 0.1) is 6.42 Å². The summed E-state index contributed by atoms with van der Waals surface area (Å²) in [7, 11) is 0. The van der Waals surface area contributed by atoms with Crippen LogP contribution in [0.2, 0.25) is 0 Å². The molecule has 3 amide bonds. The predicted molar refractivity (Wildman–Crippen MR) is 131 cm³/mol. The molecule has 2 fully saturated rings. The molecule has 176 valence electrons. The molecule has 0 atom stereocenters. The third-order valence-corrected chi connectivity index (χ3v) is 6.80. The Kier molecular flexibility index (Phi) is 7.65. The zero-order valence-corrected chi connectivity index (χ0v) is 19.9. The van der Waals surface area contributed by atoms with Gasteiger partial charge in [0.25, 0.3) is 0 Å². The topological polar surface area (TPSA) is 55.9 Å². The van der Waals surface area contributed by atoms with E-state index in [-0.39, 0.29) is 18.0 Å². The molecule has 0 saturated carbocycles. The maximum atomic E-state index is 12.8. The van der Waals surface area contributed by atoms with Gasteiger partial charge in [-0.3, -0.25) is 9.69 Å². The fourth-order valence-corrected chi connectivity index (χ4v) is 4.72. The Balaban J connectivity index is 1.17. The molecule has 33 heavy (non-hydrogen) atoms. The number of benzene rings is 2. The van der Waals surface area contributed by atoms with Crippen molar-refractivity contribution in [1.29, 1.82) is 0 Å². The minimum absolute atomic E-state index is 0.0118. The van der Waals surface area contributed by atoms with E-state index in [0.717, 1.165) is 38.0 Å². The molecule has 1 N–H and O–H groups in total. The molecule has 0 spiro atoms. The van der Waals surface area contributed by atoms with Crippen LogP contribution < -0.4 is 5.32 Å². The maximum Gasteiger partial charge on any atom is 0.317 e. The maximum absolute atomic E-state index is 12.8. The van der Waals surface area contributed by atoms with Crippen LogP contribution in [-0.2, 0) is 17.8 Å². The molecule has 0 aliphatic carbocycles. The Morgan fingerprint density at radius 3 is 2.15 bits per heavy atom. The molecule has 2 aromatic rings. The summed E-state index contributed by atoms with van der Waals surface area (Å²) in [6, 6.07) is 17.0. The van der Waals surface area contributed by atoms with Crippen LogP contribution in [0.25, 0.3) is 0 Å². The van der Waals surface area contributed by atoms with E-state index in [1.165, 1.54) is 16.7 Å². The third kappa shape index (κ3) is 6.57. The van der Waals surface area contributed by atoms with Gasteiger partial charge in [0.15, 0.2) is 0 Å². The third-order valence-electron chi connectivity index (χ3n) is 6.80. The van der Waals surface area contributed by atoms with Crippen LogP contribution in [0.15, 0.2) is 48.5 Å². The average molecular weight is 449 g/mol. The predicted octanol–water partition coefficient (Wildman–Crippen LogP) is 3.36. The van der Waals surface area contributed by atoms with Gasteiger partial charge in [-0.2, -0.15) is 0 Å². The zero-order valence-electron chi connectivity index (χ0n) is 19.9. The number of hydrogen-bond donors (Lipinski definition) is 1. The van der Waals surface area contributed by atoms with E-state index in [9.17, 15) is 9.59 Å². The van der Waals surface area contributed by atoms with E-state index in [1.807, 2.05) is 41.0 Å². The number of hydrogen-bond acceptors (Lipinski definition) is 3. The normalized spacial score (nSPS) is 17.8. The highest BCUT2D eigenvalue weighted by Gasteiger charge is 2.27. The highest BCUT2D eigenvalue weighted by Crippen LogP contribution is 2.16. The SMILES string of the molecule is Cc1ccc(CC(=O)N2CCN(C(=O)NC3CCN(Cc4cccc(C)c4)CC3)CC2)cc1. The Hall–Kier alpha value is -2.86. The van der Waals surface area contributed by atoms with Crippen LogP contribution in [0.4, 0.5) is 4.79 Å². The first kappa shape index (κ1) is 23.3. The average Bonchev–Trinajstić information content (AvgIpc) is 2.82. The van der Waals surface area contributed by atoms with Gasteiger partial charge in [0, 0.05) is 51.9 Å². The van der Waals surface area contributed by atoms with E-state index < -0.39 is 0 Å². The summed E-state index contributed by atoms with van der Waals surface area (Å²) >= 11 is 0. The summed E-state index contributed by atoms with van der Waals surface area (Å²) in [6.45, 7) is 9.55. The number of piperidine rings is 1. The quantitative estimate of drug-likeness (QED) is 0.763. The van der Waals surface area contributed by atoms with Gasteiger partial charge in [-0.05, 0) is 37.8 Å².